The second kappa shape index (κ2) is 11.2. The summed E-state index contributed by atoms with van der Waals surface area (Å²) in [5.41, 5.74) is 3.74. The molecule has 0 bridgehead atoms. The zero-order valence-corrected chi connectivity index (χ0v) is 22.9. The number of rotatable bonds is 7. The molecule has 1 fully saturated rings. The molecule has 1 aliphatic carbocycles. The van der Waals surface area contributed by atoms with Crippen molar-refractivity contribution in [3.63, 3.8) is 0 Å². The molecule has 0 aliphatic heterocycles. The van der Waals surface area contributed by atoms with Crippen LogP contribution in [0.5, 0.6) is 0 Å². The molecular weight excluding hydrogens is 530 g/mol. The number of hydrogen-bond acceptors (Lipinski definition) is 5. The maximum atomic E-state index is 13.8. The van der Waals surface area contributed by atoms with Crippen molar-refractivity contribution in [3.8, 4) is 0 Å². The van der Waals surface area contributed by atoms with Crippen LogP contribution in [0.1, 0.15) is 59.9 Å². The lowest BCUT2D eigenvalue weighted by Gasteiger charge is -2.26. The van der Waals surface area contributed by atoms with Crippen molar-refractivity contribution < 1.29 is 4.79 Å². The van der Waals surface area contributed by atoms with E-state index in [1.54, 1.807) is 24.3 Å². The standard InChI is InChI=1S/C30H28ClN5O2S/c31-21-8-6-7-19(15-21)17-32-28(37)20-13-14-23-26(16-20)35-30(36(29(23)38)22-9-2-1-3-10-22)39-18-27-33-24-11-4-5-12-25(24)34-27/h4-8,11-16,22H,1-3,9-10,17-18H2,(H,32,37)(H,33,34). The molecule has 7 nitrogen and oxygen atoms in total. The predicted octanol–water partition coefficient (Wildman–Crippen LogP) is 6.65. The summed E-state index contributed by atoms with van der Waals surface area (Å²) >= 11 is 7.57. The molecule has 2 heterocycles. The van der Waals surface area contributed by atoms with Gasteiger partial charge in [0.15, 0.2) is 5.16 Å². The SMILES string of the molecule is O=C(NCc1cccc(Cl)c1)c1ccc2c(=O)n(C3CCCCC3)c(SCc3nc4ccccc4[nH]3)nc2c1. The number of aromatic nitrogens is 4. The minimum Gasteiger partial charge on any atom is -0.348 e. The van der Waals surface area contributed by atoms with Gasteiger partial charge in [-0.05, 0) is 60.9 Å². The Morgan fingerprint density at radius 2 is 1.85 bits per heavy atom. The Morgan fingerprint density at radius 1 is 1.00 bits per heavy atom. The minimum absolute atomic E-state index is 0.0510. The number of carbonyl (C=O) groups is 1. The highest BCUT2D eigenvalue weighted by molar-refractivity contribution is 7.98. The Hall–Kier alpha value is -3.62. The molecule has 0 atom stereocenters. The van der Waals surface area contributed by atoms with Gasteiger partial charge < -0.3 is 10.3 Å². The van der Waals surface area contributed by atoms with E-state index < -0.39 is 0 Å². The molecule has 0 saturated heterocycles. The Kier molecular flexibility index (Phi) is 7.39. The van der Waals surface area contributed by atoms with Crippen LogP contribution in [0.3, 0.4) is 0 Å². The van der Waals surface area contributed by atoms with Crippen molar-refractivity contribution in [2.45, 2.75) is 55.6 Å². The number of benzene rings is 3. The zero-order valence-electron chi connectivity index (χ0n) is 21.3. The molecule has 0 spiro atoms. The zero-order chi connectivity index (χ0) is 26.8. The lowest BCUT2D eigenvalue weighted by atomic mass is 9.95. The second-order valence-electron chi connectivity index (χ2n) is 9.90. The molecule has 0 unspecified atom stereocenters. The van der Waals surface area contributed by atoms with Crippen LogP contribution in [-0.2, 0) is 12.3 Å². The maximum absolute atomic E-state index is 13.8. The molecular formula is C30H28ClN5O2S. The Balaban J connectivity index is 1.31. The molecule has 2 aromatic heterocycles. The molecule has 1 aliphatic rings. The summed E-state index contributed by atoms with van der Waals surface area (Å²) in [5, 5.41) is 4.75. The molecule has 5 aromatic rings. The maximum Gasteiger partial charge on any atom is 0.262 e. The number of aromatic amines is 1. The van der Waals surface area contributed by atoms with Gasteiger partial charge in [-0.1, -0.05) is 66.9 Å². The van der Waals surface area contributed by atoms with E-state index in [1.807, 2.05) is 47.0 Å². The summed E-state index contributed by atoms with van der Waals surface area (Å²) in [7, 11) is 0. The number of fused-ring (bicyclic) bond motifs is 2. The first kappa shape index (κ1) is 25.6. The molecule has 39 heavy (non-hydrogen) atoms. The highest BCUT2D eigenvalue weighted by Crippen LogP contribution is 2.32. The van der Waals surface area contributed by atoms with Crippen molar-refractivity contribution in [1.29, 1.82) is 0 Å². The molecule has 198 valence electrons. The van der Waals surface area contributed by atoms with Crippen LogP contribution in [0.15, 0.2) is 76.7 Å². The van der Waals surface area contributed by atoms with Crippen molar-refractivity contribution in [3.05, 3.63) is 99.1 Å². The number of thioether (sulfide) groups is 1. The average Bonchev–Trinajstić information content (AvgIpc) is 3.38. The molecule has 9 heteroatoms. The van der Waals surface area contributed by atoms with Gasteiger partial charge in [0.1, 0.15) is 5.82 Å². The number of amides is 1. The van der Waals surface area contributed by atoms with Gasteiger partial charge in [-0.2, -0.15) is 0 Å². The van der Waals surface area contributed by atoms with Gasteiger partial charge in [0, 0.05) is 23.2 Å². The predicted molar refractivity (Wildman–Crippen MR) is 156 cm³/mol. The number of halogens is 1. The van der Waals surface area contributed by atoms with Crippen molar-refractivity contribution in [1.82, 2.24) is 24.8 Å². The largest absolute Gasteiger partial charge is 0.348 e. The fourth-order valence-electron chi connectivity index (χ4n) is 5.22. The van der Waals surface area contributed by atoms with E-state index in [0.29, 0.717) is 38.9 Å². The summed E-state index contributed by atoms with van der Waals surface area (Å²) in [6.07, 6.45) is 5.34. The normalized spacial score (nSPS) is 14.2. The molecule has 1 amide bonds. The minimum atomic E-state index is -0.230. The van der Waals surface area contributed by atoms with Crippen LogP contribution in [0.2, 0.25) is 5.02 Å². The van der Waals surface area contributed by atoms with E-state index in [1.165, 1.54) is 18.2 Å². The van der Waals surface area contributed by atoms with Crippen LogP contribution >= 0.6 is 23.4 Å². The van der Waals surface area contributed by atoms with E-state index >= 15 is 0 Å². The fraction of sp³-hybridized carbons (Fsp3) is 0.267. The van der Waals surface area contributed by atoms with Gasteiger partial charge in [-0.25, -0.2) is 9.97 Å². The Morgan fingerprint density at radius 3 is 2.67 bits per heavy atom. The van der Waals surface area contributed by atoms with Gasteiger partial charge in [0.2, 0.25) is 0 Å². The van der Waals surface area contributed by atoms with Crippen LogP contribution in [0, 0.1) is 0 Å². The molecule has 3 aromatic carbocycles. The highest BCUT2D eigenvalue weighted by atomic mass is 35.5. The first-order valence-corrected chi connectivity index (χ1v) is 14.6. The van der Waals surface area contributed by atoms with Crippen LogP contribution in [0.25, 0.3) is 21.9 Å². The second-order valence-corrected chi connectivity index (χ2v) is 11.3. The third-order valence-corrected chi connectivity index (χ3v) is 8.39. The third-order valence-electron chi connectivity index (χ3n) is 7.19. The monoisotopic (exact) mass is 557 g/mol. The summed E-state index contributed by atoms with van der Waals surface area (Å²) < 4.78 is 1.88. The number of carbonyl (C=O) groups excluding carboxylic acids is 1. The third kappa shape index (κ3) is 5.58. The smallest absolute Gasteiger partial charge is 0.262 e. The highest BCUT2D eigenvalue weighted by Gasteiger charge is 2.23. The fourth-order valence-corrected chi connectivity index (χ4v) is 6.37. The number of imidazole rings is 1. The first-order chi connectivity index (χ1) is 19.0. The van der Waals surface area contributed by atoms with E-state index in [4.69, 9.17) is 21.6 Å². The summed E-state index contributed by atoms with van der Waals surface area (Å²) in [4.78, 5) is 39.7. The number of H-pyrrole nitrogens is 1. The van der Waals surface area contributed by atoms with Gasteiger partial charge in [-0.15, -0.1) is 0 Å². The van der Waals surface area contributed by atoms with Gasteiger partial charge >= 0.3 is 0 Å². The lowest BCUT2D eigenvalue weighted by Crippen LogP contribution is -2.29. The Labute approximate surface area is 235 Å². The van der Waals surface area contributed by atoms with E-state index in [0.717, 1.165) is 48.1 Å². The lowest BCUT2D eigenvalue weighted by molar-refractivity contribution is 0.0951. The molecule has 2 N–H and O–H groups in total. The molecule has 1 saturated carbocycles. The summed E-state index contributed by atoms with van der Waals surface area (Å²) in [6, 6.07) is 20.6. The Bertz CT molecular complexity index is 1690. The quantitative estimate of drug-likeness (QED) is 0.172. The summed E-state index contributed by atoms with van der Waals surface area (Å²) in [5.74, 6) is 1.16. The van der Waals surface area contributed by atoms with E-state index in [2.05, 4.69) is 10.3 Å². The molecule has 6 rings (SSSR count). The number of para-hydroxylation sites is 2. The van der Waals surface area contributed by atoms with Gasteiger partial charge in [0.05, 0.1) is 27.7 Å². The summed E-state index contributed by atoms with van der Waals surface area (Å²) in [6.45, 7) is 0.354. The van der Waals surface area contributed by atoms with Crippen LogP contribution < -0.4 is 10.9 Å². The van der Waals surface area contributed by atoms with Crippen molar-refractivity contribution >= 4 is 51.2 Å². The van der Waals surface area contributed by atoms with Gasteiger partial charge in [0.25, 0.3) is 11.5 Å². The van der Waals surface area contributed by atoms with E-state index in [-0.39, 0.29) is 17.5 Å². The number of hydrogen-bond donors (Lipinski definition) is 2. The van der Waals surface area contributed by atoms with Gasteiger partial charge in [-0.3, -0.25) is 14.2 Å². The first-order valence-electron chi connectivity index (χ1n) is 13.2. The number of nitrogens with one attached hydrogen (secondary N) is 2. The molecule has 0 radical (unpaired) electrons. The van der Waals surface area contributed by atoms with E-state index in [9.17, 15) is 9.59 Å². The van der Waals surface area contributed by atoms with Crippen LogP contribution in [0.4, 0.5) is 0 Å². The van der Waals surface area contributed by atoms with Crippen molar-refractivity contribution in [2.75, 3.05) is 0 Å². The van der Waals surface area contributed by atoms with Crippen LogP contribution in [-0.4, -0.2) is 25.4 Å². The van der Waals surface area contributed by atoms with Crippen molar-refractivity contribution in [2.24, 2.45) is 0 Å². The number of nitrogens with zero attached hydrogens (tertiary/aromatic N) is 3. The topological polar surface area (TPSA) is 92.7 Å². The average molecular weight is 558 g/mol.